The second kappa shape index (κ2) is 7.24. The van der Waals surface area contributed by atoms with Crippen LogP contribution < -0.4 is 0 Å². The second-order valence-electron chi connectivity index (χ2n) is 3.71. The van der Waals surface area contributed by atoms with Gasteiger partial charge in [0.25, 0.3) is 0 Å². The Morgan fingerprint density at radius 3 is 2.38 bits per heavy atom. The Balaban J connectivity index is 4.63. The predicted molar refractivity (Wildman–Crippen MR) is 65.8 cm³/mol. The summed E-state index contributed by atoms with van der Waals surface area (Å²) in [6, 6.07) is 0. The van der Waals surface area contributed by atoms with Crippen molar-refractivity contribution in [2.45, 2.75) is 20.8 Å². The maximum absolute atomic E-state index is 11.6. The van der Waals surface area contributed by atoms with Gasteiger partial charge in [0.1, 0.15) is 11.2 Å². The van der Waals surface area contributed by atoms with Crippen LogP contribution in [0.2, 0.25) is 0 Å². The minimum absolute atomic E-state index is 0.156. The zero-order valence-electron chi connectivity index (χ0n) is 9.77. The summed E-state index contributed by atoms with van der Waals surface area (Å²) in [5.41, 5.74) is 0. The standard InChI is InChI=1S/C9H18BrNO4S/c1-4-15-9(12)6-11(5-8(2)3)16(13,14)7-10/h8H,4-7H2,1-3H3. The molecule has 0 spiro atoms. The SMILES string of the molecule is CCOC(=O)CN(CC(C)C)S(=O)(=O)CBr. The molecule has 0 fully saturated rings. The number of rotatable bonds is 7. The highest BCUT2D eigenvalue weighted by molar-refractivity contribution is 9.10. The topological polar surface area (TPSA) is 63.7 Å². The fraction of sp³-hybridized carbons (Fsp3) is 0.889. The summed E-state index contributed by atoms with van der Waals surface area (Å²) in [6.45, 7) is 5.81. The number of sulfonamides is 1. The van der Waals surface area contributed by atoms with Gasteiger partial charge in [-0.25, -0.2) is 8.42 Å². The number of nitrogens with zero attached hydrogens (tertiary/aromatic N) is 1. The molecule has 0 aromatic carbocycles. The van der Waals surface area contributed by atoms with Crippen LogP contribution in [0, 0.1) is 5.92 Å². The first-order chi connectivity index (χ1) is 7.33. The lowest BCUT2D eigenvalue weighted by atomic mass is 10.2. The average molecular weight is 316 g/mol. The molecule has 96 valence electrons. The highest BCUT2D eigenvalue weighted by Crippen LogP contribution is 2.09. The number of alkyl halides is 1. The molecule has 16 heavy (non-hydrogen) atoms. The van der Waals surface area contributed by atoms with Gasteiger partial charge >= 0.3 is 5.97 Å². The second-order valence-corrected chi connectivity index (χ2v) is 6.98. The smallest absolute Gasteiger partial charge is 0.321 e. The van der Waals surface area contributed by atoms with E-state index >= 15 is 0 Å². The highest BCUT2D eigenvalue weighted by atomic mass is 79.9. The molecule has 0 aromatic rings. The van der Waals surface area contributed by atoms with E-state index in [1.807, 2.05) is 13.8 Å². The van der Waals surface area contributed by atoms with Crippen molar-refractivity contribution in [3.05, 3.63) is 0 Å². The van der Waals surface area contributed by atoms with Crippen molar-refractivity contribution in [3.63, 3.8) is 0 Å². The predicted octanol–water partition coefficient (Wildman–Crippen LogP) is 1.19. The van der Waals surface area contributed by atoms with Crippen LogP contribution >= 0.6 is 15.9 Å². The summed E-state index contributed by atoms with van der Waals surface area (Å²) < 4.78 is 29.0. The van der Waals surface area contributed by atoms with E-state index in [-0.39, 0.29) is 23.7 Å². The first-order valence-electron chi connectivity index (χ1n) is 5.02. The summed E-state index contributed by atoms with van der Waals surface area (Å²) in [5.74, 6) is -0.365. The zero-order chi connectivity index (χ0) is 12.8. The number of carbonyl (C=O) groups excluding carboxylic acids is 1. The molecule has 5 nitrogen and oxygen atoms in total. The van der Waals surface area contributed by atoms with Crippen molar-refractivity contribution in [1.29, 1.82) is 0 Å². The van der Waals surface area contributed by atoms with Crippen LogP contribution in [0.4, 0.5) is 0 Å². The molecule has 0 aliphatic heterocycles. The lowest BCUT2D eigenvalue weighted by molar-refractivity contribution is -0.143. The molecule has 0 bridgehead atoms. The summed E-state index contributed by atoms with van der Waals surface area (Å²) in [4.78, 5) is 11.3. The van der Waals surface area contributed by atoms with E-state index in [4.69, 9.17) is 4.74 Å². The molecule has 0 amide bonds. The van der Waals surface area contributed by atoms with E-state index in [0.717, 1.165) is 4.31 Å². The number of carbonyl (C=O) groups is 1. The molecular formula is C9H18BrNO4S. The molecule has 0 saturated heterocycles. The maximum Gasteiger partial charge on any atom is 0.321 e. The van der Waals surface area contributed by atoms with Crippen LogP contribution in [0.1, 0.15) is 20.8 Å². The van der Waals surface area contributed by atoms with Gasteiger partial charge in [0.2, 0.25) is 10.0 Å². The van der Waals surface area contributed by atoms with Crippen molar-refractivity contribution in [1.82, 2.24) is 4.31 Å². The maximum atomic E-state index is 11.6. The van der Waals surface area contributed by atoms with E-state index < -0.39 is 16.0 Å². The normalized spacial score (nSPS) is 12.1. The molecule has 0 aliphatic carbocycles. The average Bonchev–Trinajstić information content (AvgIpc) is 2.16. The Kier molecular flexibility index (Phi) is 7.17. The number of ether oxygens (including phenoxy) is 1. The van der Waals surface area contributed by atoms with Crippen LogP contribution in [-0.2, 0) is 19.6 Å². The van der Waals surface area contributed by atoms with E-state index in [1.54, 1.807) is 6.92 Å². The van der Waals surface area contributed by atoms with Gasteiger partial charge in [-0.15, -0.1) is 0 Å². The Morgan fingerprint density at radius 1 is 1.44 bits per heavy atom. The summed E-state index contributed by atoms with van der Waals surface area (Å²) in [6.07, 6.45) is 0. The lowest BCUT2D eigenvalue weighted by Crippen LogP contribution is -2.39. The van der Waals surface area contributed by atoms with Gasteiger partial charge in [0.05, 0.1) is 6.61 Å². The van der Waals surface area contributed by atoms with Crippen molar-refractivity contribution < 1.29 is 17.9 Å². The summed E-state index contributed by atoms with van der Waals surface area (Å²) >= 11 is 2.91. The minimum Gasteiger partial charge on any atom is -0.465 e. The van der Waals surface area contributed by atoms with E-state index in [0.29, 0.717) is 6.54 Å². The molecule has 0 rings (SSSR count). The van der Waals surface area contributed by atoms with Crippen molar-refractivity contribution in [2.75, 3.05) is 24.4 Å². The van der Waals surface area contributed by atoms with Crippen LogP contribution in [0.25, 0.3) is 0 Å². The van der Waals surface area contributed by atoms with Gasteiger partial charge in [-0.05, 0) is 12.8 Å². The third kappa shape index (κ3) is 5.81. The fourth-order valence-corrected chi connectivity index (χ4v) is 2.94. The Bertz CT molecular complexity index is 315. The van der Waals surface area contributed by atoms with E-state index in [2.05, 4.69) is 15.9 Å². The Morgan fingerprint density at radius 2 is 2.00 bits per heavy atom. The highest BCUT2D eigenvalue weighted by Gasteiger charge is 2.24. The van der Waals surface area contributed by atoms with Crippen LogP contribution in [-0.4, -0.2) is 43.1 Å². The van der Waals surface area contributed by atoms with Crippen LogP contribution in [0.15, 0.2) is 0 Å². The van der Waals surface area contributed by atoms with Crippen molar-refractivity contribution in [2.24, 2.45) is 5.92 Å². The first kappa shape index (κ1) is 15.9. The fourth-order valence-electron chi connectivity index (χ4n) is 1.10. The molecule has 0 radical (unpaired) electrons. The van der Waals surface area contributed by atoms with Crippen molar-refractivity contribution >= 4 is 31.9 Å². The molecule has 0 N–H and O–H groups in total. The van der Waals surface area contributed by atoms with Gasteiger partial charge in [-0.3, -0.25) is 4.79 Å². The molecule has 0 saturated carbocycles. The monoisotopic (exact) mass is 315 g/mol. The third-order valence-corrected chi connectivity index (χ3v) is 4.79. The Hall–Kier alpha value is -0.140. The first-order valence-corrected chi connectivity index (χ1v) is 7.76. The number of hydrogen-bond acceptors (Lipinski definition) is 4. The molecule has 0 unspecified atom stereocenters. The largest absolute Gasteiger partial charge is 0.465 e. The van der Waals surface area contributed by atoms with Crippen LogP contribution in [0.5, 0.6) is 0 Å². The number of esters is 1. The van der Waals surface area contributed by atoms with Gasteiger partial charge in [-0.1, -0.05) is 29.8 Å². The van der Waals surface area contributed by atoms with Gasteiger partial charge in [0.15, 0.2) is 0 Å². The van der Waals surface area contributed by atoms with Gasteiger partial charge < -0.3 is 4.74 Å². The minimum atomic E-state index is -3.42. The lowest BCUT2D eigenvalue weighted by Gasteiger charge is -2.21. The molecule has 7 heteroatoms. The summed E-state index contributed by atoms with van der Waals surface area (Å²) in [7, 11) is -3.42. The quantitative estimate of drug-likeness (QED) is 0.523. The van der Waals surface area contributed by atoms with E-state index in [9.17, 15) is 13.2 Å². The summed E-state index contributed by atoms with van der Waals surface area (Å²) in [5, 5.41) is 0. The Labute approximate surface area is 105 Å². The number of halogens is 1. The van der Waals surface area contributed by atoms with Gasteiger partial charge in [0, 0.05) is 6.54 Å². The molecule has 0 aromatic heterocycles. The molecule has 0 atom stereocenters. The number of hydrogen-bond donors (Lipinski definition) is 0. The third-order valence-electron chi connectivity index (χ3n) is 1.71. The molecule has 0 aliphatic rings. The molecule has 0 heterocycles. The molecular weight excluding hydrogens is 298 g/mol. The van der Waals surface area contributed by atoms with E-state index in [1.165, 1.54) is 0 Å². The van der Waals surface area contributed by atoms with Gasteiger partial charge in [-0.2, -0.15) is 4.31 Å². The van der Waals surface area contributed by atoms with Crippen molar-refractivity contribution in [3.8, 4) is 0 Å². The van der Waals surface area contributed by atoms with Crippen LogP contribution in [0.3, 0.4) is 0 Å². The zero-order valence-corrected chi connectivity index (χ0v) is 12.2.